The Morgan fingerprint density at radius 1 is 1.09 bits per heavy atom. The molecule has 6 nitrogen and oxygen atoms in total. The monoisotopic (exact) mass is 320 g/mol. The molecule has 0 radical (unpaired) electrons. The molecule has 1 rings (SSSR count). The van der Waals surface area contributed by atoms with E-state index >= 15 is 0 Å². The summed E-state index contributed by atoms with van der Waals surface area (Å²) in [5.74, 6) is 0.250. The van der Waals surface area contributed by atoms with Crippen LogP contribution < -0.4 is 10.6 Å². The Morgan fingerprint density at radius 3 is 2.39 bits per heavy atom. The first-order valence-electron chi connectivity index (χ1n) is 7.45. The van der Waals surface area contributed by atoms with Gasteiger partial charge in [0.25, 0.3) is 0 Å². The Morgan fingerprint density at radius 2 is 1.74 bits per heavy atom. The normalized spacial score (nSPS) is 10.6. The standard InChI is InChI=1S/C17H24N2O4/c1-15(2-3-16-4-6-17(21)7-5-16)19-9-11-23-13-12-22-10-8-18-14-20/h2-7,14,19,21H,1,8-13H2,(H,18,20)/b3-2+. The van der Waals surface area contributed by atoms with Gasteiger partial charge in [-0.3, -0.25) is 4.79 Å². The van der Waals surface area contributed by atoms with Gasteiger partial charge in [0.1, 0.15) is 5.75 Å². The second kappa shape index (κ2) is 12.3. The molecule has 126 valence electrons. The smallest absolute Gasteiger partial charge is 0.207 e. The lowest BCUT2D eigenvalue weighted by molar-refractivity contribution is -0.109. The molecule has 0 saturated heterocycles. The van der Waals surface area contributed by atoms with Gasteiger partial charge < -0.3 is 25.2 Å². The molecule has 3 N–H and O–H groups in total. The number of nitrogens with one attached hydrogen (secondary N) is 2. The highest BCUT2D eigenvalue weighted by Crippen LogP contribution is 2.11. The highest BCUT2D eigenvalue weighted by molar-refractivity contribution is 5.53. The largest absolute Gasteiger partial charge is 0.508 e. The number of hydrogen-bond acceptors (Lipinski definition) is 5. The highest BCUT2D eigenvalue weighted by Gasteiger charge is 1.92. The molecular formula is C17H24N2O4. The molecule has 0 saturated carbocycles. The molecule has 23 heavy (non-hydrogen) atoms. The summed E-state index contributed by atoms with van der Waals surface area (Å²) in [7, 11) is 0. The highest BCUT2D eigenvalue weighted by atomic mass is 16.5. The number of phenolic OH excluding ortho intramolecular Hbond substituents is 1. The van der Waals surface area contributed by atoms with Gasteiger partial charge in [-0.25, -0.2) is 0 Å². The summed E-state index contributed by atoms with van der Waals surface area (Å²) >= 11 is 0. The van der Waals surface area contributed by atoms with E-state index < -0.39 is 0 Å². The summed E-state index contributed by atoms with van der Waals surface area (Å²) in [6, 6.07) is 6.93. The Hall–Kier alpha value is -2.31. The maximum absolute atomic E-state index is 9.99. The van der Waals surface area contributed by atoms with Gasteiger partial charge in [-0.2, -0.15) is 0 Å². The summed E-state index contributed by atoms with van der Waals surface area (Å²) in [4.78, 5) is 9.99. The van der Waals surface area contributed by atoms with Crippen molar-refractivity contribution in [3.63, 3.8) is 0 Å². The zero-order valence-corrected chi connectivity index (χ0v) is 13.2. The summed E-state index contributed by atoms with van der Waals surface area (Å²) in [6.45, 7) is 7.13. The summed E-state index contributed by atoms with van der Waals surface area (Å²) in [6.07, 6.45) is 4.43. The van der Waals surface area contributed by atoms with E-state index in [1.54, 1.807) is 12.1 Å². The van der Waals surface area contributed by atoms with E-state index in [4.69, 9.17) is 9.47 Å². The lowest BCUT2D eigenvalue weighted by Gasteiger charge is -2.07. The van der Waals surface area contributed by atoms with Gasteiger partial charge in [-0.1, -0.05) is 24.8 Å². The SMILES string of the molecule is C=C(/C=C/c1ccc(O)cc1)NCCOCCOCCNC=O. The molecule has 0 aliphatic rings. The lowest BCUT2D eigenvalue weighted by atomic mass is 10.2. The Kier molecular flexibility index (Phi) is 9.98. The fourth-order valence-electron chi connectivity index (χ4n) is 1.64. The lowest BCUT2D eigenvalue weighted by Crippen LogP contribution is -2.20. The third-order valence-corrected chi connectivity index (χ3v) is 2.81. The minimum Gasteiger partial charge on any atom is -0.508 e. The number of phenols is 1. The minimum absolute atomic E-state index is 0.250. The Labute approximate surface area is 136 Å². The fourth-order valence-corrected chi connectivity index (χ4v) is 1.64. The first kappa shape index (κ1) is 18.7. The van der Waals surface area contributed by atoms with Crippen LogP contribution in [0.2, 0.25) is 0 Å². The average Bonchev–Trinajstić information content (AvgIpc) is 2.56. The molecule has 0 aliphatic heterocycles. The van der Waals surface area contributed by atoms with Gasteiger partial charge in [-0.05, 0) is 23.8 Å². The van der Waals surface area contributed by atoms with Gasteiger partial charge in [0.15, 0.2) is 0 Å². The van der Waals surface area contributed by atoms with E-state index in [-0.39, 0.29) is 5.75 Å². The van der Waals surface area contributed by atoms with Gasteiger partial charge in [-0.15, -0.1) is 0 Å². The van der Waals surface area contributed by atoms with Crippen molar-refractivity contribution in [2.45, 2.75) is 0 Å². The minimum atomic E-state index is 0.250. The van der Waals surface area contributed by atoms with Crippen molar-refractivity contribution in [3.8, 4) is 5.75 Å². The molecular weight excluding hydrogens is 296 g/mol. The maximum Gasteiger partial charge on any atom is 0.207 e. The Bertz CT molecular complexity index is 486. The van der Waals surface area contributed by atoms with Crippen molar-refractivity contribution >= 4 is 12.5 Å². The zero-order valence-electron chi connectivity index (χ0n) is 13.2. The molecule has 0 atom stereocenters. The van der Waals surface area contributed by atoms with Crippen molar-refractivity contribution < 1.29 is 19.4 Å². The predicted molar refractivity (Wildman–Crippen MR) is 90.0 cm³/mol. The number of hydrogen-bond donors (Lipinski definition) is 3. The molecule has 0 bridgehead atoms. The van der Waals surface area contributed by atoms with Crippen LogP contribution in [-0.4, -0.2) is 51.0 Å². The van der Waals surface area contributed by atoms with Crippen LogP contribution >= 0.6 is 0 Å². The molecule has 0 spiro atoms. The van der Waals surface area contributed by atoms with Crippen LogP contribution in [-0.2, 0) is 14.3 Å². The van der Waals surface area contributed by atoms with Crippen LogP contribution in [0.4, 0.5) is 0 Å². The molecule has 1 aromatic rings. The maximum atomic E-state index is 9.99. The van der Waals surface area contributed by atoms with Gasteiger partial charge in [0.05, 0.1) is 26.4 Å². The molecule has 1 aromatic carbocycles. The van der Waals surface area contributed by atoms with E-state index in [1.165, 1.54) is 0 Å². The number of rotatable bonds is 13. The van der Waals surface area contributed by atoms with Crippen molar-refractivity contribution in [2.75, 3.05) is 39.5 Å². The zero-order chi connectivity index (χ0) is 16.8. The molecule has 0 heterocycles. The molecule has 0 aliphatic carbocycles. The van der Waals surface area contributed by atoms with Crippen LogP contribution in [0.25, 0.3) is 6.08 Å². The van der Waals surface area contributed by atoms with Crippen LogP contribution in [0.1, 0.15) is 5.56 Å². The van der Waals surface area contributed by atoms with Crippen LogP contribution in [0, 0.1) is 0 Å². The second-order valence-electron chi connectivity index (χ2n) is 4.67. The number of amides is 1. The summed E-state index contributed by atoms with van der Waals surface area (Å²) in [5, 5.41) is 14.9. The second-order valence-corrected chi connectivity index (χ2v) is 4.67. The van der Waals surface area contributed by atoms with Crippen molar-refractivity contribution in [2.24, 2.45) is 0 Å². The number of allylic oxidation sites excluding steroid dienone is 1. The van der Waals surface area contributed by atoms with E-state index in [1.807, 2.05) is 24.3 Å². The van der Waals surface area contributed by atoms with Gasteiger partial charge in [0, 0.05) is 18.8 Å². The third-order valence-electron chi connectivity index (χ3n) is 2.81. The molecule has 0 fully saturated rings. The number of ether oxygens (including phenoxy) is 2. The third kappa shape index (κ3) is 10.1. The molecule has 1 amide bonds. The van der Waals surface area contributed by atoms with Crippen molar-refractivity contribution in [1.82, 2.24) is 10.6 Å². The fraction of sp³-hybridized carbons (Fsp3) is 0.353. The average molecular weight is 320 g/mol. The van der Waals surface area contributed by atoms with Crippen LogP contribution in [0.3, 0.4) is 0 Å². The number of aromatic hydroxyl groups is 1. The first-order chi connectivity index (χ1) is 11.2. The quantitative estimate of drug-likeness (QED) is 0.290. The topological polar surface area (TPSA) is 79.8 Å². The van der Waals surface area contributed by atoms with Crippen molar-refractivity contribution in [3.05, 3.63) is 48.2 Å². The Balaban J connectivity index is 1.99. The van der Waals surface area contributed by atoms with Crippen LogP contribution in [0.5, 0.6) is 5.75 Å². The van der Waals surface area contributed by atoms with E-state index in [9.17, 15) is 9.90 Å². The first-order valence-corrected chi connectivity index (χ1v) is 7.45. The predicted octanol–water partition coefficient (Wildman–Crippen LogP) is 1.29. The molecule has 0 unspecified atom stereocenters. The number of carbonyl (C=O) groups is 1. The number of benzene rings is 1. The summed E-state index contributed by atoms with van der Waals surface area (Å²) in [5.41, 5.74) is 1.78. The van der Waals surface area contributed by atoms with E-state index in [0.29, 0.717) is 45.9 Å². The van der Waals surface area contributed by atoms with E-state index in [0.717, 1.165) is 11.3 Å². The molecule has 6 heteroatoms. The van der Waals surface area contributed by atoms with E-state index in [2.05, 4.69) is 17.2 Å². The van der Waals surface area contributed by atoms with Gasteiger partial charge in [0.2, 0.25) is 6.41 Å². The van der Waals surface area contributed by atoms with Crippen LogP contribution in [0.15, 0.2) is 42.6 Å². The molecule has 0 aromatic heterocycles. The van der Waals surface area contributed by atoms with Crippen molar-refractivity contribution in [1.29, 1.82) is 0 Å². The van der Waals surface area contributed by atoms with Gasteiger partial charge >= 0.3 is 0 Å². The summed E-state index contributed by atoms with van der Waals surface area (Å²) < 4.78 is 10.6. The number of carbonyl (C=O) groups excluding carboxylic acids is 1.